The Hall–Kier alpha value is -1.27. The van der Waals surface area contributed by atoms with Crippen LogP contribution in [0.25, 0.3) is 0 Å². The summed E-state index contributed by atoms with van der Waals surface area (Å²) in [5, 5.41) is 5.94. The van der Waals surface area contributed by atoms with Gasteiger partial charge in [0.05, 0.1) is 7.11 Å². The van der Waals surface area contributed by atoms with Gasteiger partial charge in [-0.15, -0.1) is 0 Å². The molecule has 6 heteroatoms. The van der Waals surface area contributed by atoms with Gasteiger partial charge in [-0.1, -0.05) is 15.9 Å². The number of nitrogens with zero attached hydrogens (tertiary/aromatic N) is 1. The third-order valence-corrected chi connectivity index (χ3v) is 7.28. The van der Waals surface area contributed by atoms with Crippen LogP contribution >= 0.6 is 15.9 Å². The summed E-state index contributed by atoms with van der Waals surface area (Å²) in [6, 6.07) is 6.62. The number of rotatable bonds is 8. The summed E-state index contributed by atoms with van der Waals surface area (Å²) in [5.41, 5.74) is 1.36. The Balaban J connectivity index is 1.35. The van der Waals surface area contributed by atoms with Crippen molar-refractivity contribution in [1.82, 2.24) is 15.5 Å². The number of amides is 2. The summed E-state index contributed by atoms with van der Waals surface area (Å²) in [4.78, 5) is 14.3. The number of carbonyl (C=O) groups excluding carboxylic acids is 1. The van der Waals surface area contributed by atoms with Gasteiger partial charge in [0, 0.05) is 23.6 Å². The van der Waals surface area contributed by atoms with Crippen LogP contribution in [0.4, 0.5) is 4.79 Å². The van der Waals surface area contributed by atoms with E-state index >= 15 is 0 Å². The van der Waals surface area contributed by atoms with Crippen molar-refractivity contribution in [1.29, 1.82) is 0 Å². The molecule has 1 heterocycles. The first kappa shape index (κ1) is 22.4. The quantitative estimate of drug-likeness (QED) is 0.589. The van der Waals surface area contributed by atoms with E-state index in [-0.39, 0.29) is 6.03 Å². The van der Waals surface area contributed by atoms with Crippen LogP contribution in [-0.2, 0) is 6.42 Å². The molecule has 0 spiro atoms. The molecule has 1 aromatic rings. The lowest BCUT2D eigenvalue weighted by molar-refractivity contribution is 0.218. The van der Waals surface area contributed by atoms with E-state index in [1.54, 1.807) is 7.11 Å². The molecule has 5 nitrogen and oxygen atoms in total. The minimum absolute atomic E-state index is 0.0123. The third kappa shape index (κ3) is 6.88. The lowest BCUT2D eigenvalue weighted by atomic mass is 9.84. The number of halogens is 1. The predicted molar refractivity (Wildman–Crippen MR) is 122 cm³/mol. The van der Waals surface area contributed by atoms with E-state index in [1.807, 2.05) is 13.0 Å². The molecule has 1 saturated heterocycles. The van der Waals surface area contributed by atoms with Crippen LogP contribution in [0.5, 0.6) is 5.75 Å². The van der Waals surface area contributed by atoms with Gasteiger partial charge in [-0.3, -0.25) is 0 Å². The summed E-state index contributed by atoms with van der Waals surface area (Å²) in [5.74, 6) is 2.49. The SMILES string of the molecule is CCNC(=O)N[C@H]1CC[C@H](CCN2CCC(Cc3cc(OC)ccc3Br)C2)CC1. The molecule has 0 radical (unpaired) electrons. The van der Waals surface area contributed by atoms with Crippen LogP contribution in [0, 0.1) is 11.8 Å². The van der Waals surface area contributed by atoms with Crippen LogP contribution in [0.1, 0.15) is 51.0 Å². The Morgan fingerprint density at radius 1 is 1.21 bits per heavy atom. The molecule has 2 N–H and O–H groups in total. The van der Waals surface area contributed by atoms with Crippen molar-refractivity contribution >= 4 is 22.0 Å². The number of likely N-dealkylation sites (tertiary alicyclic amines) is 1. The number of hydrogen-bond donors (Lipinski definition) is 2. The zero-order valence-corrected chi connectivity index (χ0v) is 19.5. The molecular formula is C23H36BrN3O2. The predicted octanol–water partition coefficient (Wildman–Crippen LogP) is 4.59. The zero-order chi connectivity index (χ0) is 20.6. The van der Waals surface area contributed by atoms with E-state index in [1.165, 1.54) is 55.4 Å². The number of methoxy groups -OCH3 is 1. The minimum Gasteiger partial charge on any atom is -0.497 e. The van der Waals surface area contributed by atoms with E-state index in [0.717, 1.165) is 36.8 Å². The lowest BCUT2D eigenvalue weighted by Gasteiger charge is -2.30. The van der Waals surface area contributed by atoms with E-state index in [2.05, 4.69) is 43.6 Å². The standard InChI is InChI=1S/C23H36BrN3O2/c1-3-25-23(28)26-20-6-4-17(5-7-20)10-12-27-13-11-18(16-27)14-19-15-21(29-2)8-9-22(19)24/h8-9,15,17-18,20H,3-7,10-14,16H2,1-2H3,(H2,25,26,28)/t17-,18?,20-. The molecule has 2 fully saturated rings. The molecule has 162 valence electrons. The number of urea groups is 1. The molecule has 0 aromatic heterocycles. The Labute approximate surface area is 184 Å². The van der Waals surface area contributed by atoms with Crippen molar-refractivity contribution in [3.63, 3.8) is 0 Å². The smallest absolute Gasteiger partial charge is 0.314 e. The first-order valence-corrected chi connectivity index (χ1v) is 12.0. The summed E-state index contributed by atoms with van der Waals surface area (Å²) < 4.78 is 6.57. The molecule has 1 unspecified atom stereocenters. The molecule has 2 aliphatic rings. The van der Waals surface area contributed by atoms with E-state index in [9.17, 15) is 4.79 Å². The zero-order valence-electron chi connectivity index (χ0n) is 17.9. The molecule has 3 rings (SSSR count). The van der Waals surface area contributed by atoms with Crippen LogP contribution in [-0.4, -0.2) is 50.3 Å². The van der Waals surface area contributed by atoms with Gasteiger partial charge in [0.2, 0.25) is 0 Å². The van der Waals surface area contributed by atoms with Gasteiger partial charge in [0.1, 0.15) is 5.75 Å². The van der Waals surface area contributed by atoms with Crippen molar-refractivity contribution < 1.29 is 9.53 Å². The molecule has 1 aliphatic carbocycles. The molecule has 1 saturated carbocycles. The summed E-state index contributed by atoms with van der Waals surface area (Å²) in [6.45, 7) is 6.29. The summed E-state index contributed by atoms with van der Waals surface area (Å²) in [7, 11) is 1.73. The van der Waals surface area contributed by atoms with Gasteiger partial charge in [-0.25, -0.2) is 4.79 Å². The molecule has 1 atom stereocenters. The van der Waals surface area contributed by atoms with Crippen molar-refractivity contribution in [2.24, 2.45) is 11.8 Å². The minimum atomic E-state index is -0.0123. The lowest BCUT2D eigenvalue weighted by Crippen LogP contribution is -2.43. The maximum atomic E-state index is 11.7. The average Bonchev–Trinajstić information content (AvgIpc) is 3.17. The largest absolute Gasteiger partial charge is 0.497 e. The van der Waals surface area contributed by atoms with Gasteiger partial charge < -0.3 is 20.3 Å². The van der Waals surface area contributed by atoms with Gasteiger partial charge in [-0.2, -0.15) is 0 Å². The highest BCUT2D eigenvalue weighted by molar-refractivity contribution is 9.10. The fourth-order valence-corrected chi connectivity index (χ4v) is 5.19. The van der Waals surface area contributed by atoms with E-state index in [0.29, 0.717) is 12.6 Å². The third-order valence-electron chi connectivity index (χ3n) is 6.50. The molecule has 1 aliphatic heterocycles. The maximum absolute atomic E-state index is 11.7. The first-order valence-electron chi connectivity index (χ1n) is 11.2. The Kier molecular flexibility index (Phi) is 8.67. The second-order valence-corrected chi connectivity index (χ2v) is 9.48. The number of carbonyl (C=O) groups is 1. The molecule has 0 bridgehead atoms. The fraction of sp³-hybridized carbons (Fsp3) is 0.696. The van der Waals surface area contributed by atoms with E-state index < -0.39 is 0 Å². The Bertz CT molecular complexity index is 662. The van der Waals surface area contributed by atoms with Crippen molar-refractivity contribution in [2.75, 3.05) is 33.3 Å². The number of benzene rings is 1. The van der Waals surface area contributed by atoms with Gasteiger partial charge >= 0.3 is 6.03 Å². The van der Waals surface area contributed by atoms with Crippen LogP contribution in [0.2, 0.25) is 0 Å². The van der Waals surface area contributed by atoms with Crippen LogP contribution < -0.4 is 15.4 Å². The van der Waals surface area contributed by atoms with E-state index in [4.69, 9.17) is 4.74 Å². The fourth-order valence-electron chi connectivity index (χ4n) is 4.79. The highest BCUT2D eigenvalue weighted by atomic mass is 79.9. The number of hydrogen-bond acceptors (Lipinski definition) is 3. The molecule has 29 heavy (non-hydrogen) atoms. The molecule has 2 amide bonds. The second kappa shape index (κ2) is 11.2. The highest BCUT2D eigenvalue weighted by Gasteiger charge is 2.26. The van der Waals surface area contributed by atoms with Gasteiger partial charge in [0.25, 0.3) is 0 Å². The Morgan fingerprint density at radius 2 is 2.00 bits per heavy atom. The monoisotopic (exact) mass is 465 g/mol. The van der Waals surface area contributed by atoms with Crippen molar-refractivity contribution in [3.8, 4) is 5.75 Å². The van der Waals surface area contributed by atoms with Crippen LogP contribution in [0.15, 0.2) is 22.7 Å². The van der Waals surface area contributed by atoms with Gasteiger partial charge in [-0.05, 0) is 101 Å². The van der Waals surface area contributed by atoms with Crippen molar-refractivity contribution in [2.45, 2.75) is 57.9 Å². The number of ether oxygens (including phenoxy) is 1. The summed E-state index contributed by atoms with van der Waals surface area (Å²) >= 11 is 3.69. The molecular weight excluding hydrogens is 430 g/mol. The normalized spacial score (nSPS) is 25.0. The molecule has 1 aromatic carbocycles. The van der Waals surface area contributed by atoms with Gasteiger partial charge in [0.15, 0.2) is 0 Å². The average molecular weight is 466 g/mol. The first-order chi connectivity index (χ1) is 14.1. The second-order valence-electron chi connectivity index (χ2n) is 8.63. The van der Waals surface area contributed by atoms with Crippen LogP contribution in [0.3, 0.4) is 0 Å². The number of nitrogens with one attached hydrogen (secondary N) is 2. The summed E-state index contributed by atoms with van der Waals surface area (Å²) in [6.07, 6.45) is 8.42. The maximum Gasteiger partial charge on any atom is 0.314 e. The highest BCUT2D eigenvalue weighted by Crippen LogP contribution is 2.30. The topological polar surface area (TPSA) is 53.6 Å². The van der Waals surface area contributed by atoms with Crippen molar-refractivity contribution in [3.05, 3.63) is 28.2 Å². The Morgan fingerprint density at radius 3 is 2.72 bits per heavy atom.